The molecule has 3 nitrogen and oxygen atoms in total. The monoisotopic (exact) mass is 283 g/mol. The molecule has 1 N–H and O–H groups in total. The third-order valence-corrected chi connectivity index (χ3v) is 3.01. The van der Waals surface area contributed by atoms with Gasteiger partial charge in [-0.25, -0.2) is 0 Å². The maximum atomic E-state index is 5.77. The Morgan fingerprint density at radius 3 is 2.57 bits per heavy atom. The van der Waals surface area contributed by atoms with Gasteiger partial charge in [0.05, 0.1) is 7.11 Å². The lowest BCUT2D eigenvalue weighted by molar-refractivity contribution is 0.306. The van der Waals surface area contributed by atoms with Crippen LogP contribution in [0, 0.1) is 0 Å². The van der Waals surface area contributed by atoms with Crippen molar-refractivity contribution < 1.29 is 9.47 Å². The molecule has 2 rings (SSSR count). The molecule has 2 aromatic rings. The number of allylic oxidation sites excluding steroid dienone is 1. The van der Waals surface area contributed by atoms with Gasteiger partial charge >= 0.3 is 0 Å². The van der Waals surface area contributed by atoms with Crippen LogP contribution in [0.25, 0.3) is 6.08 Å². The molecule has 0 aliphatic rings. The summed E-state index contributed by atoms with van der Waals surface area (Å²) in [5, 5.41) is 3.31. The highest BCUT2D eigenvalue weighted by atomic mass is 16.5. The van der Waals surface area contributed by atoms with Crippen molar-refractivity contribution in [2.75, 3.05) is 25.6 Å². The first-order valence-electron chi connectivity index (χ1n) is 7.06. The van der Waals surface area contributed by atoms with Crippen LogP contribution in [-0.4, -0.2) is 20.3 Å². The molecule has 0 radical (unpaired) electrons. The summed E-state index contributed by atoms with van der Waals surface area (Å²) < 4.78 is 11.1. The molecule has 21 heavy (non-hydrogen) atoms. The highest BCUT2D eigenvalue weighted by Gasteiger charge is 2.04. The van der Waals surface area contributed by atoms with Crippen LogP contribution >= 0.6 is 0 Å². The standard InChI is InChI=1S/C18H21NO2/c1-3-7-15-10-11-17(18(14-15)20-2)21-13-12-19-16-8-5-4-6-9-16/h3-11,14,19H,12-13H2,1-2H3. The molecular formula is C18H21NO2. The lowest BCUT2D eigenvalue weighted by Crippen LogP contribution is -2.11. The van der Waals surface area contributed by atoms with Crippen molar-refractivity contribution in [3.05, 3.63) is 60.2 Å². The fraction of sp³-hybridized carbons (Fsp3) is 0.222. The van der Waals surface area contributed by atoms with Crippen LogP contribution < -0.4 is 14.8 Å². The summed E-state index contributed by atoms with van der Waals surface area (Å²) in [5.41, 5.74) is 2.20. The quantitative estimate of drug-likeness (QED) is 0.772. The molecule has 0 atom stereocenters. The van der Waals surface area contributed by atoms with Crippen LogP contribution in [0.15, 0.2) is 54.6 Å². The van der Waals surface area contributed by atoms with Crippen molar-refractivity contribution in [2.45, 2.75) is 6.92 Å². The number of rotatable bonds is 7. The normalized spacial score (nSPS) is 10.6. The van der Waals surface area contributed by atoms with Crippen molar-refractivity contribution in [3.63, 3.8) is 0 Å². The molecule has 0 aromatic heterocycles. The molecule has 0 aliphatic carbocycles. The van der Waals surface area contributed by atoms with Crippen LogP contribution in [0.1, 0.15) is 12.5 Å². The van der Waals surface area contributed by atoms with E-state index in [0.717, 1.165) is 29.3 Å². The van der Waals surface area contributed by atoms with Crippen molar-refractivity contribution in [3.8, 4) is 11.5 Å². The molecule has 0 bridgehead atoms. The predicted octanol–water partition coefficient (Wildman–Crippen LogP) is 4.22. The van der Waals surface area contributed by atoms with E-state index in [2.05, 4.69) is 5.32 Å². The van der Waals surface area contributed by atoms with Gasteiger partial charge in [0.1, 0.15) is 6.61 Å². The second-order valence-corrected chi connectivity index (χ2v) is 4.55. The Kier molecular flexibility index (Phi) is 5.71. The van der Waals surface area contributed by atoms with Crippen LogP contribution in [0.2, 0.25) is 0 Å². The summed E-state index contributed by atoms with van der Waals surface area (Å²) in [6.45, 7) is 3.31. The Bertz CT molecular complexity index is 579. The van der Waals surface area contributed by atoms with Gasteiger partial charge < -0.3 is 14.8 Å². The van der Waals surface area contributed by atoms with Crippen LogP contribution in [0.4, 0.5) is 5.69 Å². The van der Waals surface area contributed by atoms with Crippen LogP contribution in [0.3, 0.4) is 0 Å². The number of benzene rings is 2. The lowest BCUT2D eigenvalue weighted by atomic mass is 10.2. The molecule has 0 heterocycles. The molecule has 0 amide bonds. The molecule has 0 fully saturated rings. The maximum Gasteiger partial charge on any atom is 0.161 e. The van der Waals surface area contributed by atoms with Gasteiger partial charge in [-0.15, -0.1) is 0 Å². The van der Waals surface area contributed by atoms with Gasteiger partial charge in [-0.3, -0.25) is 0 Å². The lowest BCUT2D eigenvalue weighted by Gasteiger charge is -2.12. The molecule has 2 aromatic carbocycles. The zero-order chi connectivity index (χ0) is 14.9. The third-order valence-electron chi connectivity index (χ3n) is 3.01. The van der Waals surface area contributed by atoms with Gasteiger partial charge in [0, 0.05) is 12.2 Å². The highest BCUT2D eigenvalue weighted by Crippen LogP contribution is 2.28. The third kappa shape index (κ3) is 4.56. The molecule has 0 unspecified atom stereocenters. The minimum atomic E-state index is 0.578. The van der Waals surface area contributed by atoms with Crippen molar-refractivity contribution >= 4 is 11.8 Å². The molecule has 3 heteroatoms. The van der Waals surface area contributed by atoms with Gasteiger partial charge in [0.25, 0.3) is 0 Å². The second kappa shape index (κ2) is 8.00. The van der Waals surface area contributed by atoms with E-state index in [1.165, 1.54) is 0 Å². The molecule has 0 saturated carbocycles. The van der Waals surface area contributed by atoms with Crippen LogP contribution in [0.5, 0.6) is 11.5 Å². The number of hydrogen-bond acceptors (Lipinski definition) is 3. The molecular weight excluding hydrogens is 262 g/mol. The summed E-state index contributed by atoms with van der Waals surface area (Å²) in [7, 11) is 1.66. The summed E-state index contributed by atoms with van der Waals surface area (Å²) in [6, 6.07) is 16.0. The van der Waals surface area contributed by atoms with E-state index in [1.54, 1.807) is 7.11 Å². The fourth-order valence-corrected chi connectivity index (χ4v) is 2.01. The zero-order valence-electron chi connectivity index (χ0n) is 12.5. The SMILES string of the molecule is CC=Cc1ccc(OCCNc2ccccc2)c(OC)c1. The number of ether oxygens (including phenoxy) is 2. The van der Waals surface area contributed by atoms with E-state index in [9.17, 15) is 0 Å². The predicted molar refractivity (Wildman–Crippen MR) is 88.1 cm³/mol. The molecule has 0 aliphatic heterocycles. The van der Waals surface area contributed by atoms with E-state index < -0.39 is 0 Å². The van der Waals surface area contributed by atoms with Gasteiger partial charge in [-0.05, 0) is 36.8 Å². The maximum absolute atomic E-state index is 5.77. The summed E-state index contributed by atoms with van der Waals surface area (Å²) >= 11 is 0. The van der Waals surface area contributed by atoms with Gasteiger partial charge in [0.15, 0.2) is 11.5 Å². The number of hydrogen-bond donors (Lipinski definition) is 1. The first kappa shape index (κ1) is 15.0. The molecule has 110 valence electrons. The average molecular weight is 283 g/mol. The number of para-hydroxylation sites is 1. The van der Waals surface area contributed by atoms with E-state index in [0.29, 0.717) is 6.61 Å². The Labute approximate surface area is 126 Å². The van der Waals surface area contributed by atoms with Crippen molar-refractivity contribution in [2.24, 2.45) is 0 Å². The first-order chi connectivity index (χ1) is 10.3. The Hall–Kier alpha value is -2.42. The Morgan fingerprint density at radius 1 is 1.05 bits per heavy atom. The fourth-order valence-electron chi connectivity index (χ4n) is 2.01. The number of methoxy groups -OCH3 is 1. The van der Waals surface area contributed by atoms with Crippen molar-refractivity contribution in [1.29, 1.82) is 0 Å². The zero-order valence-corrected chi connectivity index (χ0v) is 12.5. The van der Waals surface area contributed by atoms with E-state index in [1.807, 2.05) is 67.6 Å². The number of anilines is 1. The summed E-state index contributed by atoms with van der Waals surface area (Å²) in [6.07, 6.45) is 4.03. The minimum Gasteiger partial charge on any atom is -0.493 e. The van der Waals surface area contributed by atoms with E-state index >= 15 is 0 Å². The summed E-state index contributed by atoms with van der Waals surface area (Å²) in [5.74, 6) is 1.52. The van der Waals surface area contributed by atoms with Gasteiger partial charge in [-0.1, -0.05) is 36.4 Å². The van der Waals surface area contributed by atoms with Crippen molar-refractivity contribution in [1.82, 2.24) is 0 Å². The average Bonchev–Trinajstić information content (AvgIpc) is 2.53. The number of nitrogens with one attached hydrogen (secondary N) is 1. The van der Waals surface area contributed by atoms with E-state index in [4.69, 9.17) is 9.47 Å². The topological polar surface area (TPSA) is 30.5 Å². The van der Waals surface area contributed by atoms with Crippen LogP contribution in [-0.2, 0) is 0 Å². The smallest absolute Gasteiger partial charge is 0.161 e. The minimum absolute atomic E-state index is 0.578. The highest BCUT2D eigenvalue weighted by molar-refractivity contribution is 5.55. The largest absolute Gasteiger partial charge is 0.493 e. The Balaban J connectivity index is 1.88. The molecule has 0 saturated heterocycles. The Morgan fingerprint density at radius 2 is 1.86 bits per heavy atom. The summed E-state index contributed by atoms with van der Waals surface area (Å²) in [4.78, 5) is 0. The van der Waals surface area contributed by atoms with Gasteiger partial charge in [-0.2, -0.15) is 0 Å². The van der Waals surface area contributed by atoms with Gasteiger partial charge in [0.2, 0.25) is 0 Å². The molecule has 0 spiro atoms. The second-order valence-electron chi connectivity index (χ2n) is 4.55. The van der Waals surface area contributed by atoms with E-state index in [-0.39, 0.29) is 0 Å². The first-order valence-corrected chi connectivity index (χ1v) is 7.06.